The molecule has 0 radical (unpaired) electrons. The van der Waals surface area contributed by atoms with E-state index in [-0.39, 0.29) is 36.8 Å². The van der Waals surface area contributed by atoms with Crippen molar-refractivity contribution < 1.29 is 33.8 Å². The highest BCUT2D eigenvalue weighted by Crippen LogP contribution is 2.37. The molecule has 0 spiro atoms. The Morgan fingerprint density at radius 1 is 1.30 bits per heavy atom. The first-order chi connectivity index (χ1) is 12.8. The molecule has 1 aromatic carbocycles. The first kappa shape index (κ1) is 20.4. The number of carboxylic acid groups (broad SMARTS) is 1. The second kappa shape index (κ2) is 8.67. The first-order valence-electron chi connectivity index (χ1n) is 8.33. The molecule has 1 heterocycles. The van der Waals surface area contributed by atoms with Crippen LogP contribution >= 0.6 is 0 Å². The number of ether oxygens (including phenoxy) is 3. The maximum atomic E-state index is 12.9. The molecule has 0 bridgehead atoms. The smallest absolute Gasteiger partial charge is 0.308 e. The van der Waals surface area contributed by atoms with Crippen molar-refractivity contribution in [2.45, 2.75) is 19.4 Å². The van der Waals surface area contributed by atoms with Gasteiger partial charge in [0.25, 0.3) is 11.6 Å². The topological polar surface area (TPSA) is 128 Å². The van der Waals surface area contributed by atoms with Gasteiger partial charge in [-0.3, -0.25) is 19.7 Å². The Kier molecular flexibility index (Phi) is 6.56. The molecule has 2 unspecified atom stereocenters. The van der Waals surface area contributed by atoms with Gasteiger partial charge in [-0.05, 0) is 13.3 Å². The van der Waals surface area contributed by atoms with E-state index in [0.29, 0.717) is 6.42 Å². The molecule has 0 aliphatic carbocycles. The zero-order valence-electron chi connectivity index (χ0n) is 15.3. The fraction of sp³-hybridized carbons (Fsp3) is 0.529. The molecule has 0 aromatic heterocycles. The molecule has 1 aliphatic rings. The third-order valence-corrected chi connectivity index (χ3v) is 4.59. The van der Waals surface area contributed by atoms with Crippen LogP contribution in [-0.4, -0.2) is 66.8 Å². The monoisotopic (exact) mass is 382 g/mol. The molecule has 1 amide bonds. The van der Waals surface area contributed by atoms with Gasteiger partial charge in [-0.1, -0.05) is 0 Å². The number of rotatable bonds is 8. The van der Waals surface area contributed by atoms with Crippen LogP contribution < -0.4 is 9.47 Å². The summed E-state index contributed by atoms with van der Waals surface area (Å²) >= 11 is 0. The van der Waals surface area contributed by atoms with Crippen molar-refractivity contribution in [1.29, 1.82) is 0 Å². The number of carbonyl (C=O) groups excluding carboxylic acids is 1. The second-order valence-corrected chi connectivity index (χ2v) is 6.09. The first-order valence-corrected chi connectivity index (χ1v) is 8.33. The number of methoxy groups -OCH3 is 2. The standard InChI is InChI=1S/C17H22N2O8/c1-10-11(17(21)22)4-5-18(10)16(20)12-8-14(26-3)15(27-7-6-25-2)9-13(12)19(23)24/h8-11H,4-7H2,1-3H3,(H,21,22). The number of nitro benzene ring substituents is 1. The lowest BCUT2D eigenvalue weighted by atomic mass is 10.0. The highest BCUT2D eigenvalue weighted by atomic mass is 16.6. The average Bonchev–Trinajstić information content (AvgIpc) is 3.02. The normalized spacial score (nSPS) is 19.0. The number of carboxylic acids is 1. The van der Waals surface area contributed by atoms with E-state index >= 15 is 0 Å². The van der Waals surface area contributed by atoms with Gasteiger partial charge >= 0.3 is 5.97 Å². The van der Waals surface area contributed by atoms with Gasteiger partial charge in [0.1, 0.15) is 12.2 Å². The summed E-state index contributed by atoms with van der Waals surface area (Å²) in [6.45, 7) is 2.26. The molecular weight excluding hydrogens is 360 g/mol. The van der Waals surface area contributed by atoms with E-state index in [1.54, 1.807) is 6.92 Å². The van der Waals surface area contributed by atoms with E-state index in [1.165, 1.54) is 25.2 Å². The van der Waals surface area contributed by atoms with E-state index in [1.807, 2.05) is 0 Å². The summed E-state index contributed by atoms with van der Waals surface area (Å²) in [6, 6.07) is 1.82. The van der Waals surface area contributed by atoms with E-state index < -0.39 is 34.4 Å². The molecule has 1 saturated heterocycles. The Bertz CT molecular complexity index is 736. The molecular formula is C17H22N2O8. The lowest BCUT2D eigenvalue weighted by Crippen LogP contribution is -2.38. The number of nitro groups is 1. The molecule has 10 nitrogen and oxygen atoms in total. The fourth-order valence-electron chi connectivity index (χ4n) is 3.09. The van der Waals surface area contributed by atoms with Crippen LogP contribution in [0.25, 0.3) is 0 Å². The summed E-state index contributed by atoms with van der Waals surface area (Å²) in [5.74, 6) is -2.02. The summed E-state index contributed by atoms with van der Waals surface area (Å²) in [5, 5.41) is 20.7. The number of nitrogens with zero attached hydrogens (tertiary/aromatic N) is 2. The van der Waals surface area contributed by atoms with Gasteiger partial charge < -0.3 is 24.2 Å². The zero-order chi connectivity index (χ0) is 20.1. The summed E-state index contributed by atoms with van der Waals surface area (Å²) in [4.78, 5) is 36.3. The number of hydrogen-bond donors (Lipinski definition) is 1. The second-order valence-electron chi connectivity index (χ2n) is 6.09. The van der Waals surface area contributed by atoms with Crippen LogP contribution in [0, 0.1) is 16.0 Å². The summed E-state index contributed by atoms with van der Waals surface area (Å²) < 4.78 is 15.5. The quantitative estimate of drug-likeness (QED) is 0.407. The molecule has 27 heavy (non-hydrogen) atoms. The van der Waals surface area contributed by atoms with Crippen molar-refractivity contribution in [2.75, 3.05) is 34.0 Å². The molecule has 1 N–H and O–H groups in total. The minimum Gasteiger partial charge on any atom is -0.493 e. The molecule has 2 rings (SSSR count). The van der Waals surface area contributed by atoms with E-state index in [0.717, 1.165) is 6.07 Å². The number of aliphatic carboxylic acids is 1. The van der Waals surface area contributed by atoms with Gasteiger partial charge in [0.05, 0.1) is 30.6 Å². The van der Waals surface area contributed by atoms with Crippen molar-refractivity contribution in [3.05, 3.63) is 27.8 Å². The molecule has 1 aliphatic heterocycles. The SMILES string of the molecule is COCCOc1cc([N+](=O)[O-])c(C(=O)N2CCC(C(=O)O)C2C)cc1OC. The minimum absolute atomic E-state index is 0.121. The fourth-order valence-corrected chi connectivity index (χ4v) is 3.09. The average molecular weight is 382 g/mol. The summed E-state index contributed by atoms with van der Waals surface area (Å²) in [6.07, 6.45) is 0.297. The maximum absolute atomic E-state index is 12.9. The van der Waals surface area contributed by atoms with E-state index in [2.05, 4.69) is 0 Å². The highest BCUT2D eigenvalue weighted by Gasteiger charge is 2.40. The molecule has 1 aromatic rings. The molecule has 10 heteroatoms. The number of benzene rings is 1. The number of amides is 1. The van der Waals surface area contributed by atoms with Crippen molar-refractivity contribution in [2.24, 2.45) is 5.92 Å². The lowest BCUT2D eigenvalue weighted by molar-refractivity contribution is -0.385. The number of hydrogen-bond acceptors (Lipinski definition) is 7. The Hall–Kier alpha value is -2.88. The zero-order valence-corrected chi connectivity index (χ0v) is 15.3. The van der Waals surface area contributed by atoms with Crippen molar-refractivity contribution in [3.8, 4) is 11.5 Å². The number of carbonyl (C=O) groups is 2. The van der Waals surface area contributed by atoms with Gasteiger partial charge in [0.15, 0.2) is 11.5 Å². The van der Waals surface area contributed by atoms with E-state index in [4.69, 9.17) is 14.2 Å². The van der Waals surface area contributed by atoms with Crippen LogP contribution in [-0.2, 0) is 9.53 Å². The molecule has 2 atom stereocenters. The highest BCUT2D eigenvalue weighted by molar-refractivity contribution is 5.99. The maximum Gasteiger partial charge on any atom is 0.308 e. The third-order valence-electron chi connectivity index (χ3n) is 4.59. The summed E-state index contributed by atoms with van der Waals surface area (Å²) in [7, 11) is 2.85. The van der Waals surface area contributed by atoms with Crippen LogP contribution in [0.4, 0.5) is 5.69 Å². The number of likely N-dealkylation sites (tertiary alicyclic amines) is 1. The van der Waals surface area contributed by atoms with Gasteiger partial charge in [-0.2, -0.15) is 0 Å². The minimum atomic E-state index is -0.994. The van der Waals surface area contributed by atoms with Crippen molar-refractivity contribution in [1.82, 2.24) is 4.90 Å². The van der Waals surface area contributed by atoms with Gasteiger partial charge in [0, 0.05) is 25.8 Å². The Morgan fingerprint density at radius 3 is 2.52 bits per heavy atom. The van der Waals surface area contributed by atoms with E-state index in [9.17, 15) is 24.8 Å². The predicted octanol–water partition coefficient (Wildman–Crippen LogP) is 1.56. The van der Waals surface area contributed by atoms with Gasteiger partial charge in [0.2, 0.25) is 0 Å². The van der Waals surface area contributed by atoms with Crippen LogP contribution in [0.5, 0.6) is 11.5 Å². The largest absolute Gasteiger partial charge is 0.493 e. The third kappa shape index (κ3) is 4.27. The van der Waals surface area contributed by atoms with Crippen LogP contribution in [0.15, 0.2) is 12.1 Å². The molecule has 0 saturated carbocycles. The van der Waals surface area contributed by atoms with Crippen LogP contribution in [0.2, 0.25) is 0 Å². The van der Waals surface area contributed by atoms with Crippen LogP contribution in [0.3, 0.4) is 0 Å². The Morgan fingerprint density at radius 2 is 2.00 bits per heavy atom. The molecule has 1 fully saturated rings. The summed E-state index contributed by atoms with van der Waals surface area (Å²) in [5.41, 5.74) is -0.604. The predicted molar refractivity (Wildman–Crippen MR) is 93.3 cm³/mol. The van der Waals surface area contributed by atoms with Gasteiger partial charge in [-0.15, -0.1) is 0 Å². The van der Waals surface area contributed by atoms with Gasteiger partial charge in [-0.25, -0.2) is 0 Å². The van der Waals surface area contributed by atoms with Crippen LogP contribution in [0.1, 0.15) is 23.7 Å². The Labute approximate surface area is 155 Å². The van der Waals surface area contributed by atoms with Crippen molar-refractivity contribution >= 4 is 17.6 Å². The Balaban J connectivity index is 2.38. The molecule has 148 valence electrons. The lowest BCUT2D eigenvalue weighted by Gasteiger charge is -2.23. The van der Waals surface area contributed by atoms with Crippen molar-refractivity contribution in [3.63, 3.8) is 0 Å².